The molecule has 0 saturated carbocycles. The van der Waals surface area contributed by atoms with Gasteiger partial charge in [-0.05, 0) is 67.6 Å². The van der Waals surface area contributed by atoms with Gasteiger partial charge in [0.1, 0.15) is 11.6 Å². The summed E-state index contributed by atoms with van der Waals surface area (Å²) in [6, 6.07) is 19.2. The predicted molar refractivity (Wildman–Crippen MR) is 133 cm³/mol. The number of aromatic nitrogens is 2. The first kappa shape index (κ1) is 24.0. The Labute approximate surface area is 202 Å². The molecule has 0 saturated heterocycles. The highest BCUT2D eigenvalue weighted by molar-refractivity contribution is 7.92. The number of hydrogen-bond donors (Lipinski definition) is 2. The van der Waals surface area contributed by atoms with Gasteiger partial charge in [0.25, 0.3) is 21.5 Å². The molecule has 0 bridgehead atoms. The van der Waals surface area contributed by atoms with E-state index in [0.29, 0.717) is 40.3 Å². The van der Waals surface area contributed by atoms with Crippen LogP contribution in [0.2, 0.25) is 0 Å². The lowest BCUT2D eigenvalue weighted by Crippen LogP contribution is -2.28. The standard InChI is InChI=1S/C25H24N4O5S/c1-3-34-19-12-14-20(15-13-19)35(32,33)28-18-10-8-17(9-11-18)25(31)29(2)16-23-26-22-7-5-4-6-21(22)24(30)27-23/h4-15,28H,3,16H2,1-2H3,(H,26,27,30). The van der Waals surface area contributed by atoms with E-state index < -0.39 is 10.0 Å². The van der Waals surface area contributed by atoms with Gasteiger partial charge in [-0.15, -0.1) is 0 Å². The van der Waals surface area contributed by atoms with E-state index >= 15 is 0 Å². The molecule has 180 valence electrons. The lowest BCUT2D eigenvalue weighted by atomic mass is 10.2. The lowest BCUT2D eigenvalue weighted by molar-refractivity contribution is 0.0781. The maximum atomic E-state index is 12.9. The first-order valence-corrected chi connectivity index (χ1v) is 12.3. The molecule has 0 unspecified atom stereocenters. The van der Waals surface area contributed by atoms with E-state index in [-0.39, 0.29) is 22.9 Å². The average molecular weight is 493 g/mol. The van der Waals surface area contributed by atoms with Crippen LogP contribution in [-0.4, -0.2) is 42.8 Å². The van der Waals surface area contributed by atoms with E-state index in [2.05, 4.69) is 14.7 Å². The molecule has 2 N–H and O–H groups in total. The van der Waals surface area contributed by atoms with Gasteiger partial charge in [0.15, 0.2) is 0 Å². The molecular formula is C25H24N4O5S. The number of nitrogens with zero attached hydrogens (tertiary/aromatic N) is 2. The number of hydrogen-bond acceptors (Lipinski definition) is 6. The molecule has 0 atom stereocenters. The minimum absolute atomic E-state index is 0.0951. The highest BCUT2D eigenvalue weighted by atomic mass is 32.2. The maximum absolute atomic E-state index is 12.9. The van der Waals surface area contributed by atoms with Crippen LogP contribution in [0.25, 0.3) is 10.9 Å². The van der Waals surface area contributed by atoms with E-state index in [1.165, 1.54) is 41.3 Å². The van der Waals surface area contributed by atoms with Crippen molar-refractivity contribution in [3.05, 3.63) is 94.5 Å². The third kappa shape index (κ3) is 5.49. The van der Waals surface area contributed by atoms with Crippen LogP contribution in [0.3, 0.4) is 0 Å². The second-order valence-electron chi connectivity index (χ2n) is 7.78. The quantitative estimate of drug-likeness (QED) is 0.389. The van der Waals surface area contributed by atoms with Gasteiger partial charge in [0, 0.05) is 18.3 Å². The molecule has 35 heavy (non-hydrogen) atoms. The number of fused-ring (bicyclic) bond motifs is 1. The summed E-state index contributed by atoms with van der Waals surface area (Å²) in [6.45, 7) is 2.44. The topological polar surface area (TPSA) is 121 Å². The van der Waals surface area contributed by atoms with Crippen LogP contribution in [0, 0.1) is 0 Å². The van der Waals surface area contributed by atoms with Gasteiger partial charge < -0.3 is 14.6 Å². The molecule has 0 aliphatic carbocycles. The number of para-hydroxylation sites is 1. The summed E-state index contributed by atoms with van der Waals surface area (Å²) in [5.41, 5.74) is 0.963. The Bertz CT molecular complexity index is 1510. The zero-order valence-electron chi connectivity index (χ0n) is 19.2. The zero-order valence-corrected chi connectivity index (χ0v) is 20.0. The summed E-state index contributed by atoms with van der Waals surface area (Å²) in [7, 11) is -2.20. The van der Waals surface area contributed by atoms with Gasteiger partial charge >= 0.3 is 0 Å². The fourth-order valence-corrected chi connectivity index (χ4v) is 4.56. The number of nitrogens with one attached hydrogen (secondary N) is 2. The minimum Gasteiger partial charge on any atom is -0.494 e. The summed E-state index contributed by atoms with van der Waals surface area (Å²) in [5.74, 6) is 0.646. The van der Waals surface area contributed by atoms with Gasteiger partial charge in [0.2, 0.25) is 0 Å². The van der Waals surface area contributed by atoms with Crippen molar-refractivity contribution in [1.29, 1.82) is 0 Å². The second kappa shape index (κ2) is 9.98. The van der Waals surface area contributed by atoms with Crippen molar-refractivity contribution in [2.75, 3.05) is 18.4 Å². The number of aromatic amines is 1. The van der Waals surface area contributed by atoms with Crippen molar-refractivity contribution in [2.24, 2.45) is 0 Å². The molecular weight excluding hydrogens is 468 g/mol. The molecule has 1 aromatic heterocycles. The van der Waals surface area contributed by atoms with Crippen molar-refractivity contribution in [3.8, 4) is 5.75 Å². The van der Waals surface area contributed by atoms with Crippen LogP contribution < -0.4 is 15.0 Å². The predicted octanol–water partition coefficient (Wildman–Crippen LogP) is 3.39. The van der Waals surface area contributed by atoms with Crippen molar-refractivity contribution < 1.29 is 17.9 Å². The second-order valence-corrected chi connectivity index (χ2v) is 9.46. The first-order chi connectivity index (χ1) is 16.8. The number of amides is 1. The SMILES string of the molecule is CCOc1ccc(S(=O)(=O)Nc2ccc(C(=O)N(C)Cc3nc4ccccc4c(=O)[nH]3)cc2)cc1. The van der Waals surface area contributed by atoms with E-state index in [1.807, 2.05) is 6.92 Å². The summed E-state index contributed by atoms with van der Waals surface area (Å²) >= 11 is 0. The smallest absolute Gasteiger partial charge is 0.261 e. The molecule has 1 heterocycles. The van der Waals surface area contributed by atoms with Crippen molar-refractivity contribution >= 4 is 32.5 Å². The molecule has 9 nitrogen and oxygen atoms in total. The van der Waals surface area contributed by atoms with Crippen LogP contribution in [0.1, 0.15) is 23.1 Å². The summed E-state index contributed by atoms with van der Waals surface area (Å²) in [5, 5.41) is 0.480. The molecule has 10 heteroatoms. The number of sulfonamides is 1. The highest BCUT2D eigenvalue weighted by Gasteiger charge is 2.17. The monoisotopic (exact) mass is 492 g/mol. The van der Waals surface area contributed by atoms with Gasteiger partial charge in [-0.3, -0.25) is 14.3 Å². The molecule has 3 aromatic carbocycles. The van der Waals surface area contributed by atoms with E-state index in [9.17, 15) is 18.0 Å². The maximum Gasteiger partial charge on any atom is 0.261 e. The van der Waals surface area contributed by atoms with Crippen LogP contribution in [0.4, 0.5) is 5.69 Å². The van der Waals surface area contributed by atoms with Crippen LogP contribution in [0.5, 0.6) is 5.75 Å². The molecule has 0 radical (unpaired) electrons. The van der Waals surface area contributed by atoms with Crippen molar-refractivity contribution in [2.45, 2.75) is 18.4 Å². The lowest BCUT2D eigenvalue weighted by Gasteiger charge is -2.17. The number of carbonyl (C=O) groups is 1. The fourth-order valence-electron chi connectivity index (χ4n) is 3.50. The molecule has 0 spiro atoms. The highest BCUT2D eigenvalue weighted by Crippen LogP contribution is 2.20. The number of anilines is 1. The normalized spacial score (nSPS) is 11.3. The minimum atomic E-state index is -3.80. The Morgan fingerprint density at radius 1 is 1.03 bits per heavy atom. The molecule has 0 aliphatic rings. The Morgan fingerprint density at radius 3 is 2.40 bits per heavy atom. The number of H-pyrrole nitrogens is 1. The molecule has 4 rings (SSSR count). The number of benzene rings is 3. The number of ether oxygens (including phenoxy) is 1. The number of rotatable bonds is 8. The Morgan fingerprint density at radius 2 is 1.71 bits per heavy atom. The van der Waals surface area contributed by atoms with E-state index in [0.717, 1.165) is 0 Å². The Hall–Kier alpha value is -4.18. The van der Waals surface area contributed by atoms with Crippen LogP contribution >= 0.6 is 0 Å². The average Bonchev–Trinajstić information content (AvgIpc) is 2.84. The third-order valence-corrected chi connectivity index (χ3v) is 6.62. The molecule has 1 amide bonds. The summed E-state index contributed by atoms with van der Waals surface area (Å²) in [6.07, 6.45) is 0. The zero-order chi connectivity index (χ0) is 25.0. The van der Waals surface area contributed by atoms with Gasteiger partial charge in [0.05, 0.1) is 29.0 Å². The van der Waals surface area contributed by atoms with Gasteiger partial charge in [-0.25, -0.2) is 13.4 Å². The molecule has 4 aromatic rings. The summed E-state index contributed by atoms with van der Waals surface area (Å²) < 4.78 is 33.2. The third-order valence-electron chi connectivity index (χ3n) is 5.22. The number of carbonyl (C=O) groups excluding carboxylic acids is 1. The molecule has 0 fully saturated rings. The van der Waals surface area contributed by atoms with Crippen LogP contribution in [0.15, 0.2) is 82.5 Å². The Kier molecular flexibility index (Phi) is 6.83. The Balaban J connectivity index is 1.44. The fraction of sp³-hybridized carbons (Fsp3) is 0.160. The van der Waals surface area contributed by atoms with Gasteiger partial charge in [-0.1, -0.05) is 12.1 Å². The molecule has 0 aliphatic heterocycles. The largest absolute Gasteiger partial charge is 0.494 e. The van der Waals surface area contributed by atoms with Gasteiger partial charge in [-0.2, -0.15) is 0 Å². The van der Waals surface area contributed by atoms with E-state index in [4.69, 9.17) is 4.74 Å². The van der Waals surface area contributed by atoms with Crippen molar-refractivity contribution in [1.82, 2.24) is 14.9 Å². The van der Waals surface area contributed by atoms with Crippen LogP contribution in [-0.2, 0) is 16.6 Å². The van der Waals surface area contributed by atoms with Crippen molar-refractivity contribution in [3.63, 3.8) is 0 Å². The summed E-state index contributed by atoms with van der Waals surface area (Å²) in [4.78, 5) is 33.8. The van der Waals surface area contributed by atoms with E-state index in [1.54, 1.807) is 43.4 Å². The first-order valence-electron chi connectivity index (χ1n) is 10.9.